The SMILES string of the molecule is COC(=O)C1=C(C)C(=O)[C@@]2(O)c3ccccc3N(C)[C@@]12C. The lowest BCUT2D eigenvalue weighted by Crippen LogP contribution is -2.57. The van der Waals surface area contributed by atoms with Crippen LogP contribution in [0.1, 0.15) is 19.4 Å². The number of methoxy groups -OCH3 is 1. The molecule has 1 heterocycles. The number of hydrogen-bond acceptors (Lipinski definition) is 5. The number of aliphatic hydroxyl groups is 1. The van der Waals surface area contributed by atoms with E-state index in [1.165, 1.54) is 7.11 Å². The Morgan fingerprint density at radius 3 is 2.57 bits per heavy atom. The number of benzene rings is 1. The summed E-state index contributed by atoms with van der Waals surface area (Å²) in [5, 5.41) is 11.2. The van der Waals surface area contributed by atoms with Gasteiger partial charge in [0.25, 0.3) is 0 Å². The van der Waals surface area contributed by atoms with E-state index < -0.39 is 22.9 Å². The number of hydrogen-bond donors (Lipinski definition) is 1. The zero-order chi connectivity index (χ0) is 15.6. The third-order valence-corrected chi connectivity index (χ3v) is 4.95. The van der Waals surface area contributed by atoms with E-state index in [2.05, 4.69) is 0 Å². The summed E-state index contributed by atoms with van der Waals surface area (Å²) in [6, 6.07) is 7.16. The van der Waals surface area contributed by atoms with Crippen molar-refractivity contribution in [3.8, 4) is 0 Å². The number of esters is 1. The standard InChI is InChI=1S/C16H17NO4/c1-9-12(14(19)21-4)15(2)16(20,13(9)18)10-7-5-6-8-11(10)17(15)3/h5-8,20H,1-4H3/t15-,16-/m0/s1. The highest BCUT2D eigenvalue weighted by Crippen LogP contribution is 2.58. The van der Waals surface area contributed by atoms with Gasteiger partial charge in [0.15, 0.2) is 11.4 Å². The van der Waals surface area contributed by atoms with Gasteiger partial charge in [-0.2, -0.15) is 0 Å². The number of fused-ring (bicyclic) bond motifs is 3. The van der Waals surface area contributed by atoms with Crippen molar-refractivity contribution in [1.82, 2.24) is 0 Å². The molecule has 110 valence electrons. The number of likely N-dealkylation sites (N-methyl/N-ethyl adjacent to an activating group) is 1. The van der Waals surface area contributed by atoms with Crippen LogP contribution in [0.15, 0.2) is 35.4 Å². The second-order valence-electron chi connectivity index (χ2n) is 5.68. The summed E-state index contributed by atoms with van der Waals surface area (Å²) in [6.45, 7) is 3.26. The molecule has 21 heavy (non-hydrogen) atoms. The molecular weight excluding hydrogens is 270 g/mol. The Bertz CT molecular complexity index is 708. The van der Waals surface area contributed by atoms with Crippen LogP contribution < -0.4 is 4.90 Å². The van der Waals surface area contributed by atoms with Crippen LogP contribution in [0, 0.1) is 0 Å². The minimum Gasteiger partial charge on any atom is -0.466 e. The molecule has 0 bridgehead atoms. The second-order valence-corrected chi connectivity index (χ2v) is 5.68. The summed E-state index contributed by atoms with van der Waals surface area (Å²) in [7, 11) is 3.04. The number of Topliss-reactive ketones (excluding diaryl/α,β-unsaturated/α-hetero) is 1. The summed E-state index contributed by atoms with van der Waals surface area (Å²) in [6.07, 6.45) is 0. The Balaban J connectivity index is 2.35. The van der Waals surface area contributed by atoms with Crippen LogP contribution in [0.2, 0.25) is 0 Å². The number of anilines is 1. The van der Waals surface area contributed by atoms with Crippen LogP contribution in [-0.2, 0) is 19.9 Å². The van der Waals surface area contributed by atoms with E-state index in [1.807, 2.05) is 12.1 Å². The molecule has 0 amide bonds. The number of carbonyl (C=O) groups is 2. The van der Waals surface area contributed by atoms with E-state index >= 15 is 0 Å². The van der Waals surface area contributed by atoms with E-state index in [-0.39, 0.29) is 11.1 Å². The minimum atomic E-state index is -1.76. The molecule has 1 aromatic carbocycles. The second kappa shape index (κ2) is 3.95. The summed E-state index contributed by atoms with van der Waals surface area (Å²) in [5.74, 6) is -1.03. The maximum absolute atomic E-state index is 12.7. The molecule has 0 unspecified atom stereocenters. The third kappa shape index (κ3) is 1.25. The smallest absolute Gasteiger partial charge is 0.336 e. The van der Waals surface area contributed by atoms with Gasteiger partial charge in [-0.1, -0.05) is 18.2 Å². The van der Waals surface area contributed by atoms with Gasteiger partial charge in [0, 0.05) is 23.9 Å². The molecule has 3 rings (SSSR count). The molecule has 1 N–H and O–H groups in total. The molecule has 0 saturated carbocycles. The first-order chi connectivity index (χ1) is 9.81. The lowest BCUT2D eigenvalue weighted by Gasteiger charge is -2.39. The van der Waals surface area contributed by atoms with Crippen molar-refractivity contribution in [1.29, 1.82) is 0 Å². The van der Waals surface area contributed by atoms with Gasteiger partial charge >= 0.3 is 5.97 Å². The molecule has 2 atom stereocenters. The molecule has 1 aliphatic carbocycles. The molecule has 0 radical (unpaired) electrons. The molecule has 0 spiro atoms. The Kier molecular flexibility index (Phi) is 2.60. The number of rotatable bonds is 1. The summed E-state index contributed by atoms with van der Waals surface area (Å²) in [5.41, 5.74) is -1.18. The molecule has 1 aliphatic heterocycles. The first kappa shape index (κ1) is 13.8. The average molecular weight is 287 g/mol. The number of ketones is 1. The number of carbonyl (C=O) groups excluding carboxylic acids is 2. The normalized spacial score (nSPS) is 30.5. The number of nitrogens with zero attached hydrogens (tertiary/aromatic N) is 1. The quantitative estimate of drug-likeness (QED) is 0.785. The van der Waals surface area contributed by atoms with Crippen LogP contribution in [0.25, 0.3) is 0 Å². The molecule has 2 aliphatic rings. The predicted octanol–water partition coefficient (Wildman–Crippen LogP) is 1.15. The van der Waals surface area contributed by atoms with E-state index in [4.69, 9.17) is 4.74 Å². The number of ether oxygens (including phenoxy) is 1. The van der Waals surface area contributed by atoms with Gasteiger partial charge in [0.2, 0.25) is 0 Å². The Labute approximate surface area is 122 Å². The lowest BCUT2D eigenvalue weighted by atomic mass is 9.78. The van der Waals surface area contributed by atoms with Crippen molar-refractivity contribution in [3.05, 3.63) is 41.0 Å². The fraction of sp³-hybridized carbons (Fsp3) is 0.375. The Morgan fingerprint density at radius 2 is 1.95 bits per heavy atom. The highest BCUT2D eigenvalue weighted by Gasteiger charge is 2.69. The lowest BCUT2D eigenvalue weighted by molar-refractivity contribution is -0.139. The fourth-order valence-corrected chi connectivity index (χ4v) is 3.71. The van der Waals surface area contributed by atoms with Crippen molar-refractivity contribution >= 4 is 17.4 Å². The van der Waals surface area contributed by atoms with Gasteiger partial charge in [-0.15, -0.1) is 0 Å². The van der Waals surface area contributed by atoms with Crippen molar-refractivity contribution in [2.24, 2.45) is 0 Å². The van der Waals surface area contributed by atoms with Gasteiger partial charge in [0.05, 0.1) is 12.7 Å². The summed E-state index contributed by atoms with van der Waals surface area (Å²) < 4.78 is 4.83. The van der Waals surface area contributed by atoms with E-state index in [0.29, 0.717) is 5.56 Å². The van der Waals surface area contributed by atoms with Crippen molar-refractivity contribution < 1.29 is 19.4 Å². The van der Waals surface area contributed by atoms with Crippen LogP contribution in [0.5, 0.6) is 0 Å². The minimum absolute atomic E-state index is 0.219. The van der Waals surface area contributed by atoms with Crippen LogP contribution in [0.4, 0.5) is 5.69 Å². The van der Waals surface area contributed by atoms with Crippen molar-refractivity contribution in [2.45, 2.75) is 25.0 Å². The van der Waals surface area contributed by atoms with Gasteiger partial charge in [-0.05, 0) is 19.9 Å². The molecular formula is C16H17NO4. The largest absolute Gasteiger partial charge is 0.466 e. The monoisotopic (exact) mass is 287 g/mol. The van der Waals surface area contributed by atoms with Crippen LogP contribution in [-0.4, -0.2) is 36.6 Å². The molecule has 0 aromatic heterocycles. The van der Waals surface area contributed by atoms with Gasteiger partial charge in [-0.3, -0.25) is 4.79 Å². The topological polar surface area (TPSA) is 66.8 Å². The zero-order valence-corrected chi connectivity index (χ0v) is 12.4. The molecule has 0 fully saturated rings. The predicted molar refractivity (Wildman–Crippen MR) is 76.9 cm³/mol. The van der Waals surface area contributed by atoms with Gasteiger partial charge in [0.1, 0.15) is 5.54 Å². The van der Waals surface area contributed by atoms with E-state index in [1.54, 1.807) is 37.9 Å². The average Bonchev–Trinajstić information content (AvgIpc) is 2.76. The molecule has 5 heteroatoms. The van der Waals surface area contributed by atoms with Gasteiger partial charge in [-0.25, -0.2) is 4.79 Å². The Morgan fingerprint density at radius 1 is 1.33 bits per heavy atom. The highest BCUT2D eigenvalue weighted by molar-refractivity contribution is 6.17. The fourth-order valence-electron chi connectivity index (χ4n) is 3.71. The van der Waals surface area contributed by atoms with Crippen LogP contribution >= 0.6 is 0 Å². The summed E-state index contributed by atoms with van der Waals surface area (Å²) >= 11 is 0. The highest BCUT2D eigenvalue weighted by atomic mass is 16.5. The first-order valence-corrected chi connectivity index (χ1v) is 6.72. The molecule has 1 aromatic rings. The molecule has 0 saturated heterocycles. The van der Waals surface area contributed by atoms with Gasteiger partial charge < -0.3 is 14.7 Å². The zero-order valence-electron chi connectivity index (χ0n) is 12.4. The van der Waals surface area contributed by atoms with E-state index in [0.717, 1.165) is 5.69 Å². The third-order valence-electron chi connectivity index (χ3n) is 4.95. The van der Waals surface area contributed by atoms with Crippen molar-refractivity contribution in [3.63, 3.8) is 0 Å². The number of para-hydroxylation sites is 1. The molecule has 5 nitrogen and oxygen atoms in total. The van der Waals surface area contributed by atoms with Crippen LogP contribution in [0.3, 0.4) is 0 Å². The maximum atomic E-state index is 12.7. The first-order valence-electron chi connectivity index (χ1n) is 6.72. The van der Waals surface area contributed by atoms with Crippen molar-refractivity contribution in [2.75, 3.05) is 19.1 Å². The Hall–Kier alpha value is -2.14. The summed E-state index contributed by atoms with van der Waals surface area (Å²) in [4.78, 5) is 26.7. The maximum Gasteiger partial charge on any atom is 0.336 e. The van der Waals surface area contributed by atoms with E-state index in [9.17, 15) is 14.7 Å².